The largest absolute Gasteiger partial charge is 0.450 e. The molecule has 11 heteroatoms. The van der Waals surface area contributed by atoms with Crippen LogP contribution < -0.4 is 0 Å². The highest BCUT2D eigenvalue weighted by Crippen LogP contribution is 2.72. The lowest BCUT2D eigenvalue weighted by Crippen LogP contribution is -2.73. The van der Waals surface area contributed by atoms with Gasteiger partial charge in [0.15, 0.2) is 0 Å². The molecule has 40 heavy (non-hydrogen) atoms. The van der Waals surface area contributed by atoms with E-state index in [2.05, 4.69) is 0 Å². The van der Waals surface area contributed by atoms with E-state index in [1.807, 2.05) is 13.8 Å². The van der Waals surface area contributed by atoms with Crippen LogP contribution in [0.1, 0.15) is 66.7 Å². The number of ketones is 2. The minimum absolute atomic E-state index is 0.00257. The molecule has 7 heterocycles. The van der Waals surface area contributed by atoms with Crippen molar-refractivity contribution >= 4 is 23.5 Å². The molecule has 7 aliphatic rings. The van der Waals surface area contributed by atoms with Crippen molar-refractivity contribution in [2.75, 3.05) is 0 Å². The van der Waals surface area contributed by atoms with Crippen molar-refractivity contribution in [3.63, 3.8) is 0 Å². The van der Waals surface area contributed by atoms with Gasteiger partial charge in [0.1, 0.15) is 23.2 Å². The molecule has 11 nitrogen and oxygen atoms in total. The number of carbonyl (C=O) groups excluding carboxylic acids is 4. The van der Waals surface area contributed by atoms with Gasteiger partial charge in [0.2, 0.25) is 23.0 Å². The fraction of sp³-hybridized carbons (Fsp3) is 0.724. The summed E-state index contributed by atoms with van der Waals surface area (Å²) in [5.41, 5.74) is -5.00. The van der Waals surface area contributed by atoms with Crippen molar-refractivity contribution in [3.05, 3.63) is 23.5 Å². The Bertz CT molecular complexity index is 1350. The van der Waals surface area contributed by atoms with Crippen LogP contribution in [0.15, 0.2) is 23.5 Å². The summed E-state index contributed by atoms with van der Waals surface area (Å²) >= 11 is 0. The van der Waals surface area contributed by atoms with Crippen LogP contribution >= 0.6 is 0 Å². The number of cyclic esters (lactones) is 1. The second-order valence-corrected chi connectivity index (χ2v) is 13.6. The predicted molar refractivity (Wildman–Crippen MR) is 132 cm³/mol. The number of rotatable bonds is 3. The maximum Gasteiger partial charge on any atom is 0.339 e. The number of esters is 2. The highest BCUT2D eigenvalue weighted by Gasteiger charge is 2.91. The normalized spacial score (nSPS) is 51.5. The van der Waals surface area contributed by atoms with Gasteiger partial charge < -0.3 is 33.9 Å². The van der Waals surface area contributed by atoms with E-state index in [1.54, 1.807) is 32.9 Å². The molecule has 4 bridgehead atoms. The van der Waals surface area contributed by atoms with Crippen LogP contribution in [-0.2, 0) is 42.9 Å². The van der Waals surface area contributed by atoms with Gasteiger partial charge in [-0.1, -0.05) is 13.8 Å². The van der Waals surface area contributed by atoms with Gasteiger partial charge in [-0.25, -0.2) is 4.79 Å². The third kappa shape index (κ3) is 2.87. The summed E-state index contributed by atoms with van der Waals surface area (Å²) in [5.74, 6) is -8.54. The zero-order chi connectivity index (χ0) is 28.8. The lowest BCUT2D eigenvalue weighted by molar-refractivity contribution is -0.389. The van der Waals surface area contributed by atoms with E-state index in [4.69, 9.17) is 23.7 Å². The van der Waals surface area contributed by atoms with Crippen LogP contribution in [0.25, 0.3) is 0 Å². The van der Waals surface area contributed by atoms with Gasteiger partial charge >= 0.3 is 11.9 Å². The van der Waals surface area contributed by atoms with Gasteiger partial charge in [0, 0.05) is 29.2 Å². The van der Waals surface area contributed by atoms with Crippen LogP contribution in [0.3, 0.4) is 0 Å². The molecule has 0 aliphatic carbocycles. The summed E-state index contributed by atoms with van der Waals surface area (Å²) in [6.45, 7) is 8.67. The Labute approximate surface area is 230 Å². The molecule has 216 valence electrons. The number of carbonyl (C=O) groups is 4. The molecule has 7 aliphatic heterocycles. The standard InChI is InChI=1S/C29H34O11/c1-13(8-15-9-14(2)23(33)36-15)21(31)25(5)6-7-26-20(22(32)27(34,12-25)40-26)16-10-17-24(3,4)38-18-11-19(30)39-28(17,18)29(26,35)37-16/h8-9,13,16-18,20,34-35H,6-7,10-12H2,1-5H3/b15-8+/t13-,16-,17+,18-,20+,25+,26-,27-,28-,29-/m1/s1. The molecule has 0 amide bonds. The lowest BCUT2D eigenvalue weighted by atomic mass is 9.63. The van der Waals surface area contributed by atoms with Crippen LogP contribution in [0.5, 0.6) is 0 Å². The summed E-state index contributed by atoms with van der Waals surface area (Å²) in [4.78, 5) is 52.3. The quantitative estimate of drug-likeness (QED) is 0.483. The summed E-state index contributed by atoms with van der Waals surface area (Å²) < 4.78 is 29.9. The monoisotopic (exact) mass is 558 g/mol. The number of fused-ring (bicyclic) bond motifs is 4. The molecule has 0 unspecified atom stereocenters. The fourth-order valence-corrected chi connectivity index (χ4v) is 9.05. The van der Waals surface area contributed by atoms with Crippen molar-refractivity contribution in [3.8, 4) is 0 Å². The number of allylic oxidation sites excluding steroid dienone is 2. The third-order valence-electron chi connectivity index (χ3n) is 10.7. The van der Waals surface area contributed by atoms with E-state index in [0.717, 1.165) is 0 Å². The molecular weight excluding hydrogens is 524 g/mol. The van der Waals surface area contributed by atoms with Crippen molar-refractivity contribution in [1.29, 1.82) is 0 Å². The van der Waals surface area contributed by atoms with E-state index >= 15 is 0 Å². The zero-order valence-corrected chi connectivity index (χ0v) is 23.1. The molecule has 10 atom stereocenters. The maximum atomic E-state index is 14.0. The van der Waals surface area contributed by atoms with E-state index in [9.17, 15) is 29.4 Å². The molecule has 6 fully saturated rings. The zero-order valence-electron chi connectivity index (χ0n) is 23.1. The highest BCUT2D eigenvalue weighted by molar-refractivity contribution is 5.96. The van der Waals surface area contributed by atoms with Crippen molar-refractivity contribution in [1.82, 2.24) is 0 Å². The molecule has 7 rings (SSSR count). The summed E-state index contributed by atoms with van der Waals surface area (Å²) in [7, 11) is 0. The molecule has 2 spiro atoms. The Morgan fingerprint density at radius 1 is 1.12 bits per heavy atom. The van der Waals surface area contributed by atoms with Crippen molar-refractivity contribution in [2.45, 2.75) is 107 Å². The van der Waals surface area contributed by atoms with Crippen molar-refractivity contribution < 1.29 is 53.1 Å². The molecule has 0 aromatic rings. The minimum Gasteiger partial charge on any atom is -0.450 e. The smallest absolute Gasteiger partial charge is 0.339 e. The second-order valence-electron chi connectivity index (χ2n) is 13.6. The lowest BCUT2D eigenvalue weighted by Gasteiger charge is -2.52. The van der Waals surface area contributed by atoms with Gasteiger partial charge in [-0.15, -0.1) is 0 Å². The Morgan fingerprint density at radius 3 is 2.52 bits per heavy atom. The fourth-order valence-electron chi connectivity index (χ4n) is 9.05. The van der Waals surface area contributed by atoms with Gasteiger partial charge in [-0.2, -0.15) is 0 Å². The molecule has 0 aromatic heterocycles. The number of Topliss-reactive ketones (excluding diaryl/α,β-unsaturated/α-hetero) is 2. The topological polar surface area (TPSA) is 155 Å². The summed E-state index contributed by atoms with van der Waals surface area (Å²) in [6, 6.07) is 0. The van der Waals surface area contributed by atoms with Gasteiger partial charge in [-0.3, -0.25) is 14.4 Å². The Kier molecular flexibility index (Phi) is 4.95. The molecular formula is C29H34O11. The van der Waals surface area contributed by atoms with Crippen LogP contribution in [0, 0.1) is 23.2 Å². The summed E-state index contributed by atoms with van der Waals surface area (Å²) in [5, 5.41) is 24.3. The first kappa shape index (κ1) is 26.5. The van der Waals surface area contributed by atoms with Crippen LogP contribution in [0.4, 0.5) is 0 Å². The van der Waals surface area contributed by atoms with E-state index in [-0.39, 0.29) is 43.6 Å². The Hall–Kier alpha value is -2.44. The SMILES string of the molecule is CC1=C/C(=C\[C@@H](C)C(=O)[C@@]2(C)CC[C@@]34O[C@](O)(C2)C(=O)[C@@H]3[C@H]2C[C@H]3C(C)(C)O[C@@H]5CC(=O)O[C@@]53[C@]4(O)O2)OC1=O. The van der Waals surface area contributed by atoms with Gasteiger partial charge in [0.05, 0.1) is 24.0 Å². The van der Waals surface area contributed by atoms with Crippen LogP contribution in [-0.4, -0.2) is 74.3 Å². The third-order valence-corrected chi connectivity index (χ3v) is 10.7. The number of aliphatic hydroxyl groups is 2. The number of hydrogen-bond acceptors (Lipinski definition) is 11. The van der Waals surface area contributed by atoms with E-state index < -0.39 is 81.5 Å². The highest BCUT2D eigenvalue weighted by atomic mass is 16.7. The van der Waals surface area contributed by atoms with E-state index in [1.165, 1.54) is 0 Å². The molecule has 0 saturated carbocycles. The van der Waals surface area contributed by atoms with Crippen molar-refractivity contribution in [2.24, 2.45) is 23.2 Å². The average Bonchev–Trinajstić information content (AvgIpc) is 3.50. The number of ether oxygens (including phenoxy) is 5. The Balaban J connectivity index is 1.28. The molecule has 0 radical (unpaired) electrons. The first-order valence-electron chi connectivity index (χ1n) is 14.0. The molecule has 0 aromatic carbocycles. The Morgan fingerprint density at radius 2 is 1.85 bits per heavy atom. The number of hydrogen-bond donors (Lipinski definition) is 2. The first-order valence-corrected chi connectivity index (χ1v) is 14.0. The summed E-state index contributed by atoms with van der Waals surface area (Å²) in [6.07, 6.45) is 1.49. The average molecular weight is 559 g/mol. The minimum atomic E-state index is -2.36. The second kappa shape index (κ2) is 7.49. The maximum absolute atomic E-state index is 14.0. The molecule has 2 N–H and O–H groups in total. The predicted octanol–water partition coefficient (Wildman–Crippen LogP) is 1.38. The first-order chi connectivity index (χ1) is 18.5. The van der Waals surface area contributed by atoms with Crippen LogP contribution in [0.2, 0.25) is 0 Å². The van der Waals surface area contributed by atoms with E-state index in [0.29, 0.717) is 5.57 Å². The van der Waals surface area contributed by atoms with Gasteiger partial charge in [-0.05, 0) is 52.2 Å². The molecule has 6 saturated heterocycles. The van der Waals surface area contributed by atoms with Gasteiger partial charge in [0.25, 0.3) is 0 Å².